The predicted molar refractivity (Wildman–Crippen MR) is 85.8 cm³/mol. The second-order valence-electron chi connectivity index (χ2n) is 6.15. The van der Waals surface area contributed by atoms with Gasteiger partial charge in [-0.25, -0.2) is 0 Å². The lowest BCUT2D eigenvalue weighted by Gasteiger charge is -2.28. The number of hydrogen-bond acceptors (Lipinski definition) is 5. The van der Waals surface area contributed by atoms with Crippen LogP contribution in [0.5, 0.6) is 0 Å². The standard InChI is InChI=1S/C16H26N6/c1-4-6-7-8-12-16(3,11-5-2)14-9-10-15(19-18-14)22-13-17-20-21-22/h9-10,13H,4-8,11-12H2,1-3H3. The number of hydrogen-bond donors (Lipinski definition) is 0. The molecule has 0 saturated heterocycles. The van der Waals surface area contributed by atoms with Crippen molar-refractivity contribution in [3.8, 4) is 5.82 Å². The average molecular weight is 302 g/mol. The van der Waals surface area contributed by atoms with Crippen molar-refractivity contribution in [3.63, 3.8) is 0 Å². The summed E-state index contributed by atoms with van der Waals surface area (Å²) in [4.78, 5) is 0. The number of rotatable bonds is 9. The molecule has 2 aromatic heterocycles. The minimum absolute atomic E-state index is 0.106. The Morgan fingerprint density at radius 3 is 2.45 bits per heavy atom. The van der Waals surface area contributed by atoms with Crippen LogP contribution >= 0.6 is 0 Å². The van der Waals surface area contributed by atoms with Gasteiger partial charge in [0.15, 0.2) is 5.82 Å². The van der Waals surface area contributed by atoms with Crippen molar-refractivity contribution in [1.29, 1.82) is 0 Å². The van der Waals surface area contributed by atoms with Crippen molar-refractivity contribution in [3.05, 3.63) is 24.2 Å². The van der Waals surface area contributed by atoms with E-state index >= 15 is 0 Å². The Balaban J connectivity index is 2.10. The zero-order valence-electron chi connectivity index (χ0n) is 13.9. The summed E-state index contributed by atoms with van der Waals surface area (Å²) in [6.45, 7) is 6.78. The van der Waals surface area contributed by atoms with Gasteiger partial charge in [-0.15, -0.1) is 10.2 Å². The molecule has 0 spiro atoms. The van der Waals surface area contributed by atoms with E-state index in [1.165, 1.54) is 43.1 Å². The summed E-state index contributed by atoms with van der Waals surface area (Å²) in [7, 11) is 0. The summed E-state index contributed by atoms with van der Waals surface area (Å²) in [5.41, 5.74) is 1.18. The molecule has 22 heavy (non-hydrogen) atoms. The van der Waals surface area contributed by atoms with Crippen LogP contribution in [0.25, 0.3) is 5.82 Å². The first-order valence-corrected chi connectivity index (χ1v) is 8.27. The molecule has 0 fully saturated rings. The molecule has 2 rings (SSSR count). The smallest absolute Gasteiger partial charge is 0.179 e. The van der Waals surface area contributed by atoms with E-state index < -0.39 is 0 Å². The normalized spacial score (nSPS) is 14.0. The molecule has 0 saturated carbocycles. The first kappa shape index (κ1) is 16.5. The maximum absolute atomic E-state index is 4.46. The minimum atomic E-state index is 0.106. The van der Waals surface area contributed by atoms with Gasteiger partial charge < -0.3 is 0 Å². The first-order valence-electron chi connectivity index (χ1n) is 8.27. The highest BCUT2D eigenvalue weighted by atomic mass is 15.5. The minimum Gasteiger partial charge on any atom is -0.180 e. The van der Waals surface area contributed by atoms with Crippen molar-refractivity contribution in [2.75, 3.05) is 0 Å². The highest BCUT2D eigenvalue weighted by Crippen LogP contribution is 2.33. The summed E-state index contributed by atoms with van der Waals surface area (Å²) < 4.78 is 1.52. The SMILES string of the molecule is CCCCCCC(C)(CCC)c1ccc(-n2cnnn2)nn1. The van der Waals surface area contributed by atoms with Gasteiger partial charge in [0.25, 0.3) is 0 Å². The molecule has 0 aliphatic heterocycles. The largest absolute Gasteiger partial charge is 0.180 e. The van der Waals surface area contributed by atoms with E-state index in [2.05, 4.69) is 52.6 Å². The maximum atomic E-state index is 4.46. The van der Waals surface area contributed by atoms with Gasteiger partial charge in [0.2, 0.25) is 0 Å². The molecule has 0 amide bonds. The number of unbranched alkanes of at least 4 members (excludes halogenated alkanes) is 3. The molecular weight excluding hydrogens is 276 g/mol. The Morgan fingerprint density at radius 1 is 1.00 bits per heavy atom. The molecule has 0 aliphatic rings. The first-order chi connectivity index (χ1) is 10.7. The molecule has 6 nitrogen and oxygen atoms in total. The van der Waals surface area contributed by atoms with Crippen molar-refractivity contribution in [2.24, 2.45) is 0 Å². The van der Waals surface area contributed by atoms with Crippen molar-refractivity contribution >= 4 is 0 Å². The zero-order valence-corrected chi connectivity index (χ0v) is 13.9. The lowest BCUT2D eigenvalue weighted by atomic mass is 9.77. The van der Waals surface area contributed by atoms with Crippen LogP contribution in [0.15, 0.2) is 18.5 Å². The molecule has 2 heterocycles. The molecule has 6 heteroatoms. The van der Waals surface area contributed by atoms with Crippen LogP contribution in [0.2, 0.25) is 0 Å². The second kappa shape index (κ2) is 7.96. The topological polar surface area (TPSA) is 69.4 Å². The van der Waals surface area contributed by atoms with E-state index in [0.717, 1.165) is 18.5 Å². The fourth-order valence-corrected chi connectivity index (χ4v) is 2.91. The zero-order chi connectivity index (χ0) is 15.8. The summed E-state index contributed by atoms with van der Waals surface area (Å²) in [6.07, 6.45) is 10.1. The van der Waals surface area contributed by atoms with E-state index in [9.17, 15) is 0 Å². The third-order valence-electron chi connectivity index (χ3n) is 4.24. The second-order valence-corrected chi connectivity index (χ2v) is 6.15. The van der Waals surface area contributed by atoms with Crippen LogP contribution in [0, 0.1) is 0 Å². The molecule has 0 radical (unpaired) electrons. The van der Waals surface area contributed by atoms with Crippen LogP contribution in [0.1, 0.15) is 71.4 Å². The predicted octanol–water partition coefficient (Wildman–Crippen LogP) is 3.48. The van der Waals surface area contributed by atoms with Gasteiger partial charge in [-0.3, -0.25) is 0 Å². The lowest BCUT2D eigenvalue weighted by Crippen LogP contribution is -2.24. The van der Waals surface area contributed by atoms with Crippen molar-refractivity contribution in [1.82, 2.24) is 30.4 Å². The Hall–Kier alpha value is -1.85. The molecule has 0 aromatic carbocycles. The van der Waals surface area contributed by atoms with Gasteiger partial charge in [-0.1, -0.05) is 52.9 Å². The summed E-state index contributed by atoms with van der Waals surface area (Å²) >= 11 is 0. The van der Waals surface area contributed by atoms with Gasteiger partial charge in [-0.2, -0.15) is 9.78 Å². The van der Waals surface area contributed by atoms with Crippen LogP contribution in [0.3, 0.4) is 0 Å². The summed E-state index contributed by atoms with van der Waals surface area (Å²) in [6, 6.07) is 4.01. The van der Waals surface area contributed by atoms with Crippen LogP contribution in [-0.4, -0.2) is 30.4 Å². The van der Waals surface area contributed by atoms with Crippen molar-refractivity contribution in [2.45, 2.75) is 71.1 Å². The fraction of sp³-hybridized carbons (Fsp3) is 0.688. The molecule has 120 valence electrons. The molecular formula is C16H26N6. The Kier molecular flexibility index (Phi) is 5.98. The third kappa shape index (κ3) is 4.08. The van der Waals surface area contributed by atoms with E-state index in [-0.39, 0.29) is 5.41 Å². The van der Waals surface area contributed by atoms with E-state index in [0.29, 0.717) is 5.82 Å². The molecule has 2 aromatic rings. The highest BCUT2D eigenvalue weighted by Gasteiger charge is 2.27. The van der Waals surface area contributed by atoms with E-state index in [1.54, 1.807) is 0 Å². The van der Waals surface area contributed by atoms with Crippen molar-refractivity contribution < 1.29 is 0 Å². The summed E-state index contributed by atoms with van der Waals surface area (Å²) in [5.74, 6) is 0.651. The van der Waals surface area contributed by atoms with Crippen LogP contribution in [0.4, 0.5) is 0 Å². The molecule has 0 aliphatic carbocycles. The summed E-state index contributed by atoms with van der Waals surface area (Å²) in [5, 5.41) is 19.8. The average Bonchev–Trinajstić information content (AvgIpc) is 3.06. The number of nitrogens with zero attached hydrogens (tertiary/aromatic N) is 6. The fourth-order valence-electron chi connectivity index (χ4n) is 2.91. The molecule has 0 N–H and O–H groups in total. The number of aromatic nitrogens is 6. The van der Waals surface area contributed by atoms with Gasteiger partial charge in [0.05, 0.1) is 5.69 Å². The van der Waals surface area contributed by atoms with E-state index in [1.807, 2.05) is 6.07 Å². The third-order valence-corrected chi connectivity index (χ3v) is 4.24. The molecule has 1 unspecified atom stereocenters. The van der Waals surface area contributed by atoms with Gasteiger partial charge in [0.1, 0.15) is 6.33 Å². The Morgan fingerprint density at radius 2 is 1.86 bits per heavy atom. The number of tetrazole rings is 1. The monoisotopic (exact) mass is 302 g/mol. The van der Waals surface area contributed by atoms with Crippen LogP contribution < -0.4 is 0 Å². The Bertz CT molecular complexity index is 536. The Labute approximate surface area is 132 Å². The quantitative estimate of drug-likeness (QED) is 0.663. The van der Waals surface area contributed by atoms with Gasteiger partial charge in [0, 0.05) is 5.41 Å². The maximum Gasteiger partial charge on any atom is 0.179 e. The molecule has 1 atom stereocenters. The highest BCUT2D eigenvalue weighted by molar-refractivity contribution is 5.23. The lowest BCUT2D eigenvalue weighted by molar-refractivity contribution is 0.364. The van der Waals surface area contributed by atoms with Gasteiger partial charge in [-0.05, 0) is 35.4 Å². The molecule has 0 bridgehead atoms. The van der Waals surface area contributed by atoms with Crippen LogP contribution in [-0.2, 0) is 5.41 Å². The van der Waals surface area contributed by atoms with Gasteiger partial charge >= 0.3 is 0 Å². The van der Waals surface area contributed by atoms with E-state index in [4.69, 9.17) is 0 Å².